The van der Waals surface area contributed by atoms with E-state index in [-0.39, 0.29) is 5.75 Å². The zero-order chi connectivity index (χ0) is 28.2. The van der Waals surface area contributed by atoms with Crippen molar-refractivity contribution < 1.29 is 13.2 Å². The number of morpholine rings is 1. The SMILES string of the molecule is O=c1cc(N(CCCCCCS(=O)(=O)N(CCCN2CCOCC2)Cc2cccnc2)Nc2ccncc2)c1=O. The molecule has 0 saturated carbocycles. The summed E-state index contributed by atoms with van der Waals surface area (Å²) in [5.41, 5.74) is 4.13. The van der Waals surface area contributed by atoms with Crippen LogP contribution < -0.4 is 21.3 Å². The second-order valence-corrected chi connectivity index (χ2v) is 12.0. The maximum absolute atomic E-state index is 13.3. The minimum Gasteiger partial charge on any atom is -0.379 e. The molecule has 12 heteroatoms. The molecule has 0 aliphatic carbocycles. The quantitative estimate of drug-likeness (QED) is 0.146. The first-order valence-electron chi connectivity index (χ1n) is 13.8. The Morgan fingerprint density at radius 2 is 1.70 bits per heavy atom. The van der Waals surface area contributed by atoms with E-state index in [4.69, 9.17) is 4.74 Å². The third-order valence-electron chi connectivity index (χ3n) is 6.95. The molecule has 1 fully saturated rings. The molecule has 3 aromatic rings. The lowest BCUT2D eigenvalue weighted by atomic mass is 10.2. The largest absolute Gasteiger partial charge is 0.379 e. The van der Waals surface area contributed by atoms with Crippen molar-refractivity contribution in [2.75, 3.05) is 62.1 Å². The third kappa shape index (κ3) is 8.91. The average Bonchev–Trinajstić information content (AvgIpc) is 2.98. The molecule has 0 spiro atoms. The molecule has 40 heavy (non-hydrogen) atoms. The molecule has 0 atom stereocenters. The van der Waals surface area contributed by atoms with E-state index >= 15 is 0 Å². The highest BCUT2D eigenvalue weighted by molar-refractivity contribution is 7.89. The Bertz CT molecular complexity index is 1340. The molecule has 4 rings (SSSR count). The zero-order valence-corrected chi connectivity index (χ0v) is 23.6. The molecule has 0 bridgehead atoms. The van der Waals surface area contributed by atoms with Crippen LogP contribution in [0.15, 0.2) is 64.7 Å². The van der Waals surface area contributed by atoms with Gasteiger partial charge in [-0.15, -0.1) is 0 Å². The second kappa shape index (κ2) is 15.0. The van der Waals surface area contributed by atoms with Gasteiger partial charge >= 0.3 is 0 Å². The Morgan fingerprint density at radius 3 is 2.40 bits per heavy atom. The summed E-state index contributed by atoms with van der Waals surface area (Å²) in [5, 5.41) is 1.68. The van der Waals surface area contributed by atoms with Crippen LogP contribution in [0, 0.1) is 0 Å². The summed E-state index contributed by atoms with van der Waals surface area (Å²) in [4.78, 5) is 33.9. The average molecular weight is 571 g/mol. The van der Waals surface area contributed by atoms with Crippen LogP contribution in [-0.4, -0.2) is 79.3 Å². The van der Waals surface area contributed by atoms with E-state index in [0.717, 1.165) is 69.8 Å². The van der Waals surface area contributed by atoms with Gasteiger partial charge < -0.3 is 4.74 Å². The number of hydrogen-bond acceptors (Lipinski definition) is 10. The number of ether oxygens (including phenoxy) is 1. The number of aromatic nitrogens is 2. The van der Waals surface area contributed by atoms with Crippen molar-refractivity contribution in [2.24, 2.45) is 0 Å². The normalized spacial score (nSPS) is 14.5. The fraction of sp³-hybridized carbons (Fsp3) is 0.500. The molecule has 0 unspecified atom stereocenters. The molecule has 216 valence electrons. The number of hydrazine groups is 1. The Kier molecular flexibility index (Phi) is 11.2. The van der Waals surface area contributed by atoms with Gasteiger partial charge in [0.05, 0.1) is 24.7 Å². The first kappa shape index (κ1) is 29.8. The van der Waals surface area contributed by atoms with Crippen molar-refractivity contribution in [3.8, 4) is 0 Å². The van der Waals surface area contributed by atoms with Crippen molar-refractivity contribution in [1.29, 1.82) is 0 Å². The molecule has 3 heterocycles. The van der Waals surface area contributed by atoms with Gasteiger partial charge in [0.25, 0.3) is 5.43 Å². The molecule has 1 aromatic carbocycles. The Hall–Kier alpha value is -3.19. The van der Waals surface area contributed by atoms with Gasteiger partial charge in [-0.1, -0.05) is 18.9 Å². The van der Waals surface area contributed by atoms with Crippen LogP contribution in [0.5, 0.6) is 0 Å². The minimum atomic E-state index is -3.45. The summed E-state index contributed by atoms with van der Waals surface area (Å²) >= 11 is 0. The van der Waals surface area contributed by atoms with Gasteiger partial charge in [-0.25, -0.2) is 8.42 Å². The predicted molar refractivity (Wildman–Crippen MR) is 155 cm³/mol. The van der Waals surface area contributed by atoms with Gasteiger partial charge in [0, 0.05) is 63.6 Å². The van der Waals surface area contributed by atoms with E-state index in [1.54, 1.807) is 46.2 Å². The molecule has 1 aliphatic rings. The number of pyridine rings is 2. The van der Waals surface area contributed by atoms with Crippen LogP contribution in [0.2, 0.25) is 0 Å². The van der Waals surface area contributed by atoms with Crippen LogP contribution in [0.4, 0.5) is 11.4 Å². The van der Waals surface area contributed by atoms with Gasteiger partial charge in [-0.05, 0) is 49.6 Å². The topological polar surface area (TPSA) is 125 Å². The van der Waals surface area contributed by atoms with Crippen molar-refractivity contribution >= 4 is 21.4 Å². The number of nitrogens with zero attached hydrogens (tertiary/aromatic N) is 5. The zero-order valence-electron chi connectivity index (χ0n) is 22.8. The minimum absolute atomic E-state index is 0.0853. The van der Waals surface area contributed by atoms with Crippen molar-refractivity contribution in [1.82, 2.24) is 19.2 Å². The highest BCUT2D eigenvalue weighted by Gasteiger charge is 2.23. The summed E-state index contributed by atoms with van der Waals surface area (Å²) in [7, 11) is -3.45. The van der Waals surface area contributed by atoms with Crippen molar-refractivity contribution in [3.63, 3.8) is 0 Å². The van der Waals surface area contributed by atoms with Crippen LogP contribution in [0.3, 0.4) is 0 Å². The lowest BCUT2D eigenvalue weighted by Crippen LogP contribution is -2.42. The summed E-state index contributed by atoms with van der Waals surface area (Å²) < 4.78 is 33.7. The van der Waals surface area contributed by atoms with Crippen LogP contribution in [0.25, 0.3) is 0 Å². The van der Waals surface area contributed by atoms with E-state index in [2.05, 4.69) is 20.3 Å². The fourth-order valence-corrected chi connectivity index (χ4v) is 6.25. The lowest BCUT2D eigenvalue weighted by Gasteiger charge is -2.28. The highest BCUT2D eigenvalue weighted by Crippen LogP contribution is 2.16. The molecule has 0 radical (unpaired) electrons. The first-order valence-corrected chi connectivity index (χ1v) is 15.4. The molecule has 11 nitrogen and oxygen atoms in total. The molecule has 1 saturated heterocycles. The van der Waals surface area contributed by atoms with Gasteiger partial charge in [-0.3, -0.25) is 34.9 Å². The number of nitrogens with one attached hydrogen (secondary N) is 1. The van der Waals surface area contributed by atoms with Crippen LogP contribution in [0.1, 0.15) is 37.7 Å². The monoisotopic (exact) mass is 570 g/mol. The van der Waals surface area contributed by atoms with Crippen molar-refractivity contribution in [2.45, 2.75) is 38.6 Å². The summed E-state index contributed by atoms with van der Waals surface area (Å²) in [6, 6.07) is 8.62. The van der Waals surface area contributed by atoms with E-state index in [9.17, 15) is 18.0 Å². The molecular formula is C28H38N6O5S. The van der Waals surface area contributed by atoms with Gasteiger partial charge in [-0.2, -0.15) is 4.31 Å². The van der Waals surface area contributed by atoms with Gasteiger partial charge in [0.15, 0.2) is 0 Å². The molecular weight excluding hydrogens is 532 g/mol. The third-order valence-corrected chi connectivity index (χ3v) is 8.86. The molecule has 1 aliphatic heterocycles. The van der Waals surface area contributed by atoms with Crippen LogP contribution >= 0.6 is 0 Å². The van der Waals surface area contributed by atoms with Crippen molar-refractivity contribution in [3.05, 3.63) is 81.1 Å². The van der Waals surface area contributed by atoms with E-state index < -0.39 is 20.9 Å². The lowest BCUT2D eigenvalue weighted by molar-refractivity contribution is 0.0368. The fourth-order valence-electron chi connectivity index (χ4n) is 4.67. The number of rotatable bonds is 17. The van der Waals surface area contributed by atoms with E-state index in [1.807, 2.05) is 12.1 Å². The molecule has 1 N–H and O–H groups in total. The number of hydrogen-bond donors (Lipinski definition) is 1. The van der Waals surface area contributed by atoms with Crippen LogP contribution in [-0.2, 0) is 21.3 Å². The van der Waals surface area contributed by atoms with E-state index in [1.165, 1.54) is 6.07 Å². The maximum Gasteiger partial charge on any atom is 0.250 e. The maximum atomic E-state index is 13.3. The summed E-state index contributed by atoms with van der Waals surface area (Å²) in [6.45, 7) is 5.34. The number of anilines is 2. The number of unbranched alkanes of at least 4 members (excludes halogenated alkanes) is 3. The van der Waals surface area contributed by atoms with Gasteiger partial charge in [0.1, 0.15) is 5.69 Å². The Labute approximate surface area is 235 Å². The molecule has 0 amide bonds. The van der Waals surface area contributed by atoms with E-state index in [0.29, 0.717) is 31.7 Å². The number of sulfonamides is 1. The Morgan fingerprint density at radius 1 is 0.925 bits per heavy atom. The summed E-state index contributed by atoms with van der Waals surface area (Å²) in [5.74, 6) is 0.0853. The molecule has 2 aromatic heterocycles. The highest BCUT2D eigenvalue weighted by atomic mass is 32.2. The second-order valence-electron chi connectivity index (χ2n) is 9.95. The predicted octanol–water partition coefficient (Wildman–Crippen LogP) is 2.02. The first-order chi connectivity index (χ1) is 19.4. The summed E-state index contributed by atoms with van der Waals surface area (Å²) in [6.07, 6.45) is 10.3. The smallest absolute Gasteiger partial charge is 0.250 e. The Balaban J connectivity index is 1.25. The standard InChI is InChI=1S/C28H38N6O5S/c35-27-21-26(28(27)36)34(31-25-8-11-29-12-9-25)15-3-1-2-4-20-40(37,38)33(23-24-7-5-10-30-22-24)14-6-13-32-16-18-39-19-17-32/h5,7-12,21-22H,1-4,6,13-20,23H2,(H,29,31). The van der Waals surface area contributed by atoms with Gasteiger partial charge in [0.2, 0.25) is 15.5 Å².